The molecule has 1 aromatic heterocycles. The largest absolute Gasteiger partial charge is 0.324 e. The third kappa shape index (κ3) is 4.93. The first-order valence-corrected chi connectivity index (χ1v) is 10.7. The molecule has 0 radical (unpaired) electrons. The third-order valence-electron chi connectivity index (χ3n) is 4.97. The smallest absolute Gasteiger partial charge is 0.271 e. The molecule has 10 heteroatoms. The average Bonchev–Trinajstić information content (AvgIpc) is 3.13. The zero-order chi connectivity index (χ0) is 21.1. The summed E-state index contributed by atoms with van der Waals surface area (Å²) in [5.41, 5.74) is 1.31. The Labute approximate surface area is 182 Å². The molecule has 1 aliphatic rings. The number of carbonyl (C=O) groups excluding carboxylic acids is 1. The molecule has 0 saturated carbocycles. The maximum absolute atomic E-state index is 12.4. The molecule has 2 heterocycles. The molecular weight excluding hydrogens is 426 g/mol. The highest BCUT2D eigenvalue weighted by atomic mass is 35.5. The molecule has 0 bridgehead atoms. The monoisotopic (exact) mass is 445 g/mol. The lowest BCUT2D eigenvalue weighted by molar-refractivity contribution is -0.384. The van der Waals surface area contributed by atoms with Crippen molar-refractivity contribution < 1.29 is 9.72 Å². The second-order valence-corrected chi connectivity index (χ2v) is 8.62. The quantitative estimate of drug-likeness (QED) is 0.460. The van der Waals surface area contributed by atoms with E-state index in [0.717, 1.165) is 43.2 Å². The van der Waals surface area contributed by atoms with Gasteiger partial charge in [0.05, 0.1) is 38.9 Å². The van der Waals surface area contributed by atoms with Crippen molar-refractivity contribution in [3.8, 4) is 0 Å². The van der Waals surface area contributed by atoms with Crippen molar-refractivity contribution in [3.05, 3.63) is 62.6 Å². The van der Waals surface area contributed by atoms with E-state index in [1.165, 1.54) is 22.9 Å². The lowest BCUT2D eigenvalue weighted by atomic mass is 10.2. The number of halogens is 1. The Morgan fingerprint density at radius 2 is 1.90 bits per heavy atom. The van der Waals surface area contributed by atoms with E-state index in [1.54, 1.807) is 11.3 Å². The molecular formula is C20H20ClN5O3S. The van der Waals surface area contributed by atoms with Gasteiger partial charge in [-0.2, -0.15) is 0 Å². The summed E-state index contributed by atoms with van der Waals surface area (Å²) in [4.78, 5) is 31.7. The molecule has 1 aliphatic heterocycles. The van der Waals surface area contributed by atoms with Gasteiger partial charge in [0.25, 0.3) is 5.69 Å². The fourth-order valence-corrected chi connectivity index (χ4v) is 4.63. The number of carbonyl (C=O) groups is 1. The first-order valence-electron chi connectivity index (χ1n) is 9.51. The Balaban J connectivity index is 1.26. The summed E-state index contributed by atoms with van der Waals surface area (Å²) in [6, 6.07) is 12.2. The maximum Gasteiger partial charge on any atom is 0.271 e. The molecule has 30 heavy (non-hydrogen) atoms. The van der Waals surface area contributed by atoms with Crippen LogP contribution in [0.25, 0.3) is 10.2 Å². The predicted octanol–water partition coefficient (Wildman–Crippen LogP) is 3.61. The summed E-state index contributed by atoms with van der Waals surface area (Å²) < 4.78 is 1.20. The Morgan fingerprint density at radius 3 is 2.60 bits per heavy atom. The van der Waals surface area contributed by atoms with Gasteiger partial charge in [0.1, 0.15) is 5.01 Å². The maximum atomic E-state index is 12.4. The van der Waals surface area contributed by atoms with Gasteiger partial charge in [0.15, 0.2) is 0 Å². The Hall–Kier alpha value is -2.59. The molecule has 0 spiro atoms. The second kappa shape index (κ2) is 9.05. The first kappa shape index (κ1) is 20.7. The predicted molar refractivity (Wildman–Crippen MR) is 118 cm³/mol. The molecule has 1 saturated heterocycles. The number of nitrogens with zero attached hydrogens (tertiary/aromatic N) is 4. The molecule has 3 aromatic rings. The number of hydrogen-bond acceptors (Lipinski definition) is 7. The van der Waals surface area contributed by atoms with Crippen LogP contribution in [0.2, 0.25) is 5.02 Å². The van der Waals surface area contributed by atoms with Gasteiger partial charge in [-0.15, -0.1) is 11.3 Å². The molecule has 1 amide bonds. The SMILES string of the molecule is O=C(CN1CCN(Cc2nc3ccccc3s2)CC1)Nc1ccc([N+](=O)[O-])cc1Cl. The summed E-state index contributed by atoms with van der Waals surface area (Å²) in [7, 11) is 0. The van der Waals surface area contributed by atoms with Gasteiger partial charge >= 0.3 is 0 Å². The van der Waals surface area contributed by atoms with Gasteiger partial charge in [0, 0.05) is 38.3 Å². The minimum atomic E-state index is -0.523. The summed E-state index contributed by atoms with van der Waals surface area (Å²) in [5, 5.41) is 14.8. The highest BCUT2D eigenvalue weighted by Gasteiger charge is 2.20. The number of nitro benzene ring substituents is 1. The minimum absolute atomic E-state index is 0.109. The summed E-state index contributed by atoms with van der Waals surface area (Å²) in [6.45, 7) is 4.36. The average molecular weight is 446 g/mol. The topological polar surface area (TPSA) is 91.6 Å². The number of nitro groups is 1. The number of para-hydroxylation sites is 1. The van der Waals surface area contributed by atoms with Gasteiger partial charge in [-0.25, -0.2) is 4.98 Å². The molecule has 0 atom stereocenters. The standard InChI is InChI=1S/C20H20ClN5O3S/c21-15-11-14(26(28)29)5-6-16(15)22-19(27)12-24-7-9-25(10-8-24)13-20-23-17-3-1-2-4-18(17)30-20/h1-6,11H,7-10,12-13H2,(H,22,27). The minimum Gasteiger partial charge on any atom is -0.324 e. The van der Waals surface area contributed by atoms with Crippen LogP contribution in [-0.4, -0.2) is 58.3 Å². The third-order valence-corrected chi connectivity index (χ3v) is 6.30. The van der Waals surface area contributed by atoms with Crippen LogP contribution in [0, 0.1) is 10.1 Å². The van der Waals surface area contributed by atoms with Crippen molar-refractivity contribution in [2.45, 2.75) is 6.54 Å². The zero-order valence-corrected chi connectivity index (χ0v) is 17.7. The highest BCUT2D eigenvalue weighted by Crippen LogP contribution is 2.27. The summed E-state index contributed by atoms with van der Waals surface area (Å²) >= 11 is 7.76. The van der Waals surface area contributed by atoms with Gasteiger partial charge in [-0.05, 0) is 18.2 Å². The van der Waals surface area contributed by atoms with E-state index in [-0.39, 0.29) is 23.2 Å². The van der Waals surface area contributed by atoms with Gasteiger partial charge < -0.3 is 5.32 Å². The van der Waals surface area contributed by atoms with Crippen molar-refractivity contribution in [1.82, 2.24) is 14.8 Å². The zero-order valence-electron chi connectivity index (χ0n) is 16.1. The second-order valence-electron chi connectivity index (χ2n) is 7.10. The number of anilines is 1. The van der Waals surface area contributed by atoms with Crippen molar-refractivity contribution in [2.24, 2.45) is 0 Å². The van der Waals surface area contributed by atoms with E-state index in [1.807, 2.05) is 18.2 Å². The van der Waals surface area contributed by atoms with Crippen LogP contribution < -0.4 is 5.32 Å². The van der Waals surface area contributed by atoms with E-state index in [9.17, 15) is 14.9 Å². The van der Waals surface area contributed by atoms with Crippen LogP contribution in [-0.2, 0) is 11.3 Å². The van der Waals surface area contributed by atoms with Crippen LogP contribution >= 0.6 is 22.9 Å². The van der Waals surface area contributed by atoms with Crippen molar-refractivity contribution in [3.63, 3.8) is 0 Å². The fraction of sp³-hybridized carbons (Fsp3) is 0.300. The molecule has 4 rings (SSSR count). The van der Waals surface area contributed by atoms with E-state index in [2.05, 4.69) is 21.2 Å². The summed E-state index contributed by atoms with van der Waals surface area (Å²) in [5.74, 6) is -0.189. The highest BCUT2D eigenvalue weighted by molar-refractivity contribution is 7.18. The van der Waals surface area contributed by atoms with Crippen LogP contribution in [0.3, 0.4) is 0 Å². The number of fused-ring (bicyclic) bond motifs is 1. The molecule has 1 N–H and O–H groups in total. The number of non-ortho nitro benzene ring substituents is 1. The number of thiazole rings is 1. The van der Waals surface area contributed by atoms with Crippen LogP contribution in [0.15, 0.2) is 42.5 Å². The number of amides is 1. The number of nitrogens with one attached hydrogen (secondary N) is 1. The lowest BCUT2D eigenvalue weighted by Gasteiger charge is -2.33. The van der Waals surface area contributed by atoms with E-state index >= 15 is 0 Å². The number of rotatable bonds is 6. The van der Waals surface area contributed by atoms with Crippen molar-refractivity contribution in [2.75, 3.05) is 38.0 Å². The van der Waals surface area contributed by atoms with Gasteiger partial charge in [0.2, 0.25) is 5.91 Å². The van der Waals surface area contributed by atoms with Crippen LogP contribution in [0.4, 0.5) is 11.4 Å². The van der Waals surface area contributed by atoms with Crippen LogP contribution in [0.5, 0.6) is 0 Å². The van der Waals surface area contributed by atoms with E-state index < -0.39 is 4.92 Å². The lowest BCUT2D eigenvalue weighted by Crippen LogP contribution is -2.48. The van der Waals surface area contributed by atoms with Crippen molar-refractivity contribution in [1.29, 1.82) is 0 Å². The number of aromatic nitrogens is 1. The molecule has 0 unspecified atom stereocenters. The van der Waals surface area contributed by atoms with Gasteiger partial charge in [-0.3, -0.25) is 24.7 Å². The Morgan fingerprint density at radius 1 is 1.17 bits per heavy atom. The molecule has 1 fully saturated rings. The van der Waals surface area contributed by atoms with Gasteiger partial charge in [-0.1, -0.05) is 23.7 Å². The first-order chi connectivity index (χ1) is 14.5. The Kier molecular flexibility index (Phi) is 6.24. The van der Waals surface area contributed by atoms with Crippen LogP contribution in [0.1, 0.15) is 5.01 Å². The van der Waals surface area contributed by atoms with E-state index in [0.29, 0.717) is 5.69 Å². The fourth-order valence-electron chi connectivity index (χ4n) is 3.40. The number of piperazine rings is 1. The molecule has 156 valence electrons. The van der Waals surface area contributed by atoms with Crippen molar-refractivity contribution >= 4 is 50.4 Å². The Bertz CT molecular complexity index is 1050. The van der Waals surface area contributed by atoms with E-state index in [4.69, 9.17) is 16.6 Å². The molecule has 0 aliphatic carbocycles. The molecule has 2 aromatic carbocycles. The normalized spacial score (nSPS) is 15.4. The number of hydrogen-bond donors (Lipinski definition) is 1. The summed E-state index contributed by atoms with van der Waals surface area (Å²) in [6.07, 6.45) is 0. The number of benzene rings is 2. The molecule has 8 nitrogen and oxygen atoms in total.